The van der Waals surface area contributed by atoms with Gasteiger partial charge in [-0.2, -0.15) is 4.99 Å². The van der Waals surface area contributed by atoms with Crippen LogP contribution in [0, 0.1) is 0 Å². The fraction of sp³-hybridized carbons (Fsp3) is 0. The summed E-state index contributed by atoms with van der Waals surface area (Å²) in [6.07, 6.45) is 5.73. The highest BCUT2D eigenvalue weighted by Gasteiger charge is 2.34. The lowest BCUT2D eigenvalue weighted by atomic mass is 10.2. The van der Waals surface area contributed by atoms with Crippen LogP contribution >= 0.6 is 23.1 Å². The molecule has 0 spiro atoms. The Morgan fingerprint density at radius 3 is 2.24 bits per heavy atom. The van der Waals surface area contributed by atoms with Crippen molar-refractivity contribution < 1.29 is 4.79 Å². The highest BCUT2D eigenvalue weighted by atomic mass is 32.2. The second-order valence-electron chi connectivity index (χ2n) is 7.15. The summed E-state index contributed by atoms with van der Waals surface area (Å²) in [4.78, 5) is 25.0. The molecule has 0 unspecified atom stereocenters. The molecule has 0 saturated carbocycles. The van der Waals surface area contributed by atoms with Crippen molar-refractivity contribution in [3.8, 4) is 11.3 Å². The molecule has 0 radical (unpaired) electrons. The lowest BCUT2D eigenvalue weighted by Gasteiger charge is -2.14. The van der Waals surface area contributed by atoms with Crippen molar-refractivity contribution in [3.05, 3.63) is 119 Å². The van der Waals surface area contributed by atoms with Gasteiger partial charge in [-0.1, -0.05) is 91.0 Å². The number of aromatic nitrogens is 1. The van der Waals surface area contributed by atoms with Gasteiger partial charge in [0.2, 0.25) is 5.13 Å². The molecule has 1 saturated heterocycles. The van der Waals surface area contributed by atoms with Crippen molar-refractivity contribution in [1.82, 2.24) is 4.98 Å². The molecule has 1 fully saturated rings. The summed E-state index contributed by atoms with van der Waals surface area (Å²) in [5, 5.41) is 3.20. The molecule has 160 valence electrons. The number of carbonyl (C=O) groups is 1. The van der Waals surface area contributed by atoms with E-state index in [9.17, 15) is 4.79 Å². The number of para-hydroxylation sites is 1. The monoisotopic (exact) mass is 465 g/mol. The first-order valence-electron chi connectivity index (χ1n) is 10.4. The number of amides is 1. The average molecular weight is 466 g/mol. The molecule has 5 rings (SSSR count). The summed E-state index contributed by atoms with van der Waals surface area (Å²) in [5.74, 6) is -0.0949. The first-order chi connectivity index (χ1) is 16.3. The molecule has 0 aliphatic carbocycles. The summed E-state index contributed by atoms with van der Waals surface area (Å²) < 4.78 is 0. The van der Waals surface area contributed by atoms with Crippen LogP contribution in [0.3, 0.4) is 0 Å². The number of thiazole rings is 1. The summed E-state index contributed by atoms with van der Waals surface area (Å²) >= 11 is 2.82. The Labute approximate surface area is 200 Å². The zero-order valence-corrected chi connectivity index (χ0v) is 19.2. The maximum absolute atomic E-state index is 13.3. The zero-order chi connectivity index (χ0) is 22.5. The van der Waals surface area contributed by atoms with Gasteiger partial charge in [0, 0.05) is 10.9 Å². The number of anilines is 1. The number of rotatable bonds is 5. The molecule has 1 amide bonds. The van der Waals surface area contributed by atoms with Crippen LogP contribution in [0.25, 0.3) is 17.3 Å². The predicted molar refractivity (Wildman–Crippen MR) is 140 cm³/mol. The van der Waals surface area contributed by atoms with E-state index in [-0.39, 0.29) is 5.91 Å². The normalized spacial score (nSPS) is 16.4. The van der Waals surface area contributed by atoms with Crippen molar-refractivity contribution in [2.24, 2.45) is 4.99 Å². The average Bonchev–Trinajstić information content (AvgIpc) is 3.45. The molecule has 0 atom stereocenters. The highest BCUT2D eigenvalue weighted by molar-refractivity contribution is 8.19. The zero-order valence-electron chi connectivity index (χ0n) is 17.5. The SMILES string of the molecule is O=C1/C(=C/C=C/c2ccccc2)S/C(=N/c2nc(-c3ccccc3)cs2)N1c1ccccc1. The van der Waals surface area contributed by atoms with Crippen LogP contribution in [0.15, 0.2) is 118 Å². The van der Waals surface area contributed by atoms with E-state index < -0.39 is 0 Å². The molecule has 2 heterocycles. The molecule has 0 bridgehead atoms. The van der Waals surface area contributed by atoms with E-state index in [0.29, 0.717) is 15.2 Å². The van der Waals surface area contributed by atoms with E-state index in [1.165, 1.54) is 23.1 Å². The number of carbonyl (C=O) groups excluding carboxylic acids is 1. The van der Waals surface area contributed by atoms with E-state index in [1.54, 1.807) is 4.90 Å². The van der Waals surface area contributed by atoms with Crippen LogP contribution in [0.4, 0.5) is 10.8 Å². The van der Waals surface area contributed by atoms with Gasteiger partial charge in [-0.3, -0.25) is 9.69 Å². The van der Waals surface area contributed by atoms with E-state index >= 15 is 0 Å². The number of benzene rings is 3. The molecular formula is C27H19N3OS2. The van der Waals surface area contributed by atoms with E-state index in [4.69, 9.17) is 4.99 Å². The van der Waals surface area contributed by atoms with E-state index in [2.05, 4.69) is 4.98 Å². The molecule has 4 aromatic rings. The molecule has 33 heavy (non-hydrogen) atoms. The molecule has 4 nitrogen and oxygen atoms in total. The van der Waals surface area contributed by atoms with Crippen LogP contribution in [0.1, 0.15) is 5.56 Å². The van der Waals surface area contributed by atoms with Gasteiger partial charge >= 0.3 is 0 Å². The summed E-state index contributed by atoms with van der Waals surface area (Å²) in [7, 11) is 0. The second kappa shape index (κ2) is 9.81. The lowest BCUT2D eigenvalue weighted by molar-refractivity contribution is -0.113. The second-order valence-corrected chi connectivity index (χ2v) is 9.00. The fourth-order valence-electron chi connectivity index (χ4n) is 3.32. The Hall–Kier alpha value is -3.74. The third-order valence-electron chi connectivity index (χ3n) is 4.91. The third-order valence-corrected chi connectivity index (χ3v) is 6.63. The van der Waals surface area contributed by atoms with Crippen LogP contribution < -0.4 is 4.90 Å². The van der Waals surface area contributed by atoms with Crippen molar-refractivity contribution in [2.75, 3.05) is 4.90 Å². The summed E-state index contributed by atoms with van der Waals surface area (Å²) in [5.41, 5.74) is 3.78. The Morgan fingerprint density at radius 2 is 1.52 bits per heavy atom. The van der Waals surface area contributed by atoms with E-state index in [1.807, 2.05) is 115 Å². The minimum atomic E-state index is -0.0949. The first kappa shape index (κ1) is 21.1. The fourth-order valence-corrected chi connectivity index (χ4v) is 5.00. The molecule has 6 heteroatoms. The van der Waals surface area contributed by atoms with Gasteiger partial charge in [-0.05, 0) is 35.5 Å². The lowest BCUT2D eigenvalue weighted by Crippen LogP contribution is -2.28. The number of hydrogen-bond acceptors (Lipinski definition) is 5. The van der Waals surface area contributed by atoms with Gasteiger partial charge in [0.25, 0.3) is 5.91 Å². The molecule has 3 aromatic carbocycles. The topological polar surface area (TPSA) is 45.6 Å². The number of nitrogens with zero attached hydrogens (tertiary/aromatic N) is 3. The van der Waals surface area contributed by atoms with Gasteiger partial charge in [-0.25, -0.2) is 4.98 Å². The van der Waals surface area contributed by atoms with Crippen molar-refractivity contribution >= 4 is 51.1 Å². The van der Waals surface area contributed by atoms with Crippen molar-refractivity contribution in [1.29, 1.82) is 0 Å². The Bertz CT molecular complexity index is 1340. The molecule has 0 N–H and O–H groups in total. The van der Waals surface area contributed by atoms with Crippen molar-refractivity contribution in [3.63, 3.8) is 0 Å². The van der Waals surface area contributed by atoms with Gasteiger partial charge in [-0.15, -0.1) is 11.3 Å². The predicted octanol–water partition coefficient (Wildman–Crippen LogP) is 7.17. The smallest absolute Gasteiger partial charge is 0.268 e. The van der Waals surface area contributed by atoms with Gasteiger partial charge in [0.1, 0.15) is 0 Å². The number of aliphatic imine (C=N–C) groups is 1. The third kappa shape index (κ3) is 4.87. The Kier molecular flexibility index (Phi) is 6.28. The minimum absolute atomic E-state index is 0.0949. The number of hydrogen-bond donors (Lipinski definition) is 0. The molecule has 1 aliphatic rings. The van der Waals surface area contributed by atoms with Gasteiger partial charge < -0.3 is 0 Å². The van der Waals surface area contributed by atoms with Crippen LogP contribution in [0.2, 0.25) is 0 Å². The standard InChI is InChI=1S/C27H19N3OS2/c31-25-24(18-10-13-20-11-4-1-5-12-20)33-27(30(25)22-16-8-3-9-17-22)29-26-28-23(19-32-26)21-14-6-2-7-15-21/h1-19H/b13-10+,24-18-,29-27+. The largest absolute Gasteiger partial charge is 0.271 e. The van der Waals surface area contributed by atoms with Crippen LogP contribution in [-0.4, -0.2) is 16.1 Å². The summed E-state index contributed by atoms with van der Waals surface area (Å²) in [6.45, 7) is 0. The van der Waals surface area contributed by atoms with Gasteiger partial charge in [0.15, 0.2) is 5.17 Å². The van der Waals surface area contributed by atoms with Gasteiger partial charge in [0.05, 0.1) is 16.3 Å². The van der Waals surface area contributed by atoms with E-state index in [0.717, 1.165) is 22.5 Å². The minimum Gasteiger partial charge on any atom is -0.268 e. The molecular weight excluding hydrogens is 446 g/mol. The Balaban J connectivity index is 1.47. The number of amidine groups is 1. The van der Waals surface area contributed by atoms with Crippen LogP contribution in [0.5, 0.6) is 0 Å². The maximum atomic E-state index is 13.3. The molecule has 1 aromatic heterocycles. The van der Waals surface area contributed by atoms with Crippen molar-refractivity contribution in [2.45, 2.75) is 0 Å². The first-order valence-corrected chi connectivity index (χ1v) is 12.1. The van der Waals surface area contributed by atoms with Crippen LogP contribution in [-0.2, 0) is 4.79 Å². The number of thioether (sulfide) groups is 1. The maximum Gasteiger partial charge on any atom is 0.271 e. The number of allylic oxidation sites excluding steroid dienone is 2. The Morgan fingerprint density at radius 1 is 0.848 bits per heavy atom. The highest BCUT2D eigenvalue weighted by Crippen LogP contribution is 2.37. The molecule has 1 aliphatic heterocycles. The quantitative estimate of drug-likeness (QED) is 0.293. The summed E-state index contributed by atoms with van der Waals surface area (Å²) in [6, 6.07) is 29.6.